The van der Waals surface area contributed by atoms with E-state index in [1.165, 1.54) is 5.56 Å². The average molecular weight is 298 g/mol. The van der Waals surface area contributed by atoms with Gasteiger partial charge in [0.25, 0.3) is 0 Å². The Hall–Kier alpha value is -2.49. The predicted molar refractivity (Wildman–Crippen MR) is 88.0 cm³/mol. The van der Waals surface area contributed by atoms with E-state index in [1.807, 2.05) is 62.4 Å². The van der Waals surface area contributed by atoms with Crippen LogP contribution in [0.2, 0.25) is 0 Å². The standard InChI is InChI=1S/C18H22N2O2/c1-13-6-4-5-7-16(13)12-19-18(21)20-14(2)15-8-10-17(22-3)11-9-15/h4-11,14H,12H2,1-3H3,(H2,19,20,21). The molecular formula is C18H22N2O2. The highest BCUT2D eigenvalue weighted by Gasteiger charge is 2.09. The number of carbonyl (C=O) groups excluding carboxylic acids is 1. The summed E-state index contributed by atoms with van der Waals surface area (Å²) in [7, 11) is 1.63. The van der Waals surface area contributed by atoms with Crippen LogP contribution >= 0.6 is 0 Å². The van der Waals surface area contributed by atoms with Crippen LogP contribution in [0.5, 0.6) is 5.75 Å². The minimum atomic E-state index is -0.174. The van der Waals surface area contributed by atoms with E-state index in [-0.39, 0.29) is 12.1 Å². The molecule has 2 N–H and O–H groups in total. The number of aryl methyl sites for hydroxylation is 1. The maximum Gasteiger partial charge on any atom is 0.315 e. The molecular weight excluding hydrogens is 276 g/mol. The lowest BCUT2D eigenvalue weighted by atomic mass is 10.1. The fraction of sp³-hybridized carbons (Fsp3) is 0.278. The Morgan fingerprint density at radius 2 is 1.82 bits per heavy atom. The molecule has 0 aliphatic carbocycles. The first-order chi connectivity index (χ1) is 10.6. The van der Waals surface area contributed by atoms with Crippen LogP contribution in [0.15, 0.2) is 48.5 Å². The summed E-state index contributed by atoms with van der Waals surface area (Å²) in [4.78, 5) is 12.0. The lowest BCUT2D eigenvalue weighted by molar-refractivity contribution is 0.237. The summed E-state index contributed by atoms with van der Waals surface area (Å²) in [6, 6.07) is 15.5. The Kier molecular flexibility index (Phi) is 5.42. The zero-order chi connectivity index (χ0) is 15.9. The molecule has 22 heavy (non-hydrogen) atoms. The molecule has 2 amide bonds. The normalized spacial score (nSPS) is 11.6. The van der Waals surface area contributed by atoms with Crippen LogP contribution in [0.1, 0.15) is 29.7 Å². The SMILES string of the molecule is COc1ccc(C(C)NC(=O)NCc2ccccc2C)cc1. The van der Waals surface area contributed by atoms with E-state index in [0.717, 1.165) is 16.9 Å². The van der Waals surface area contributed by atoms with Crippen molar-refractivity contribution in [1.29, 1.82) is 0 Å². The van der Waals surface area contributed by atoms with E-state index in [2.05, 4.69) is 10.6 Å². The number of hydrogen-bond donors (Lipinski definition) is 2. The van der Waals surface area contributed by atoms with Crippen LogP contribution in [-0.4, -0.2) is 13.1 Å². The molecule has 0 aromatic heterocycles. The number of ether oxygens (including phenoxy) is 1. The van der Waals surface area contributed by atoms with Crippen molar-refractivity contribution >= 4 is 6.03 Å². The number of nitrogens with one attached hydrogen (secondary N) is 2. The topological polar surface area (TPSA) is 50.4 Å². The number of benzene rings is 2. The zero-order valence-corrected chi connectivity index (χ0v) is 13.2. The van der Waals surface area contributed by atoms with Gasteiger partial charge in [0.15, 0.2) is 0 Å². The molecule has 0 spiro atoms. The van der Waals surface area contributed by atoms with Crippen molar-refractivity contribution in [2.75, 3.05) is 7.11 Å². The molecule has 1 unspecified atom stereocenters. The fourth-order valence-electron chi connectivity index (χ4n) is 2.21. The number of hydrogen-bond acceptors (Lipinski definition) is 2. The molecule has 0 bridgehead atoms. The molecule has 2 rings (SSSR count). The molecule has 0 saturated carbocycles. The van der Waals surface area contributed by atoms with E-state index in [1.54, 1.807) is 7.11 Å². The number of rotatable bonds is 5. The van der Waals surface area contributed by atoms with Gasteiger partial charge < -0.3 is 15.4 Å². The van der Waals surface area contributed by atoms with Crippen LogP contribution in [-0.2, 0) is 6.54 Å². The second-order valence-electron chi connectivity index (χ2n) is 5.25. The highest BCUT2D eigenvalue weighted by molar-refractivity contribution is 5.74. The van der Waals surface area contributed by atoms with Crippen LogP contribution in [0.4, 0.5) is 4.79 Å². The van der Waals surface area contributed by atoms with Gasteiger partial charge in [-0.2, -0.15) is 0 Å². The average Bonchev–Trinajstić information content (AvgIpc) is 2.54. The van der Waals surface area contributed by atoms with Gasteiger partial charge in [-0.3, -0.25) is 0 Å². The maximum atomic E-state index is 12.0. The smallest absolute Gasteiger partial charge is 0.315 e. The number of carbonyl (C=O) groups is 1. The molecule has 4 heteroatoms. The Morgan fingerprint density at radius 1 is 1.14 bits per heavy atom. The van der Waals surface area contributed by atoms with Crippen molar-refractivity contribution in [3.8, 4) is 5.75 Å². The van der Waals surface area contributed by atoms with Crippen molar-refractivity contribution in [2.24, 2.45) is 0 Å². The molecule has 116 valence electrons. The molecule has 0 aliphatic rings. The van der Waals surface area contributed by atoms with Crippen LogP contribution in [0.25, 0.3) is 0 Å². The summed E-state index contributed by atoms with van der Waals surface area (Å²) in [5.41, 5.74) is 3.33. The van der Waals surface area contributed by atoms with Crippen LogP contribution in [0.3, 0.4) is 0 Å². The van der Waals surface area contributed by atoms with Crippen molar-refractivity contribution in [1.82, 2.24) is 10.6 Å². The van der Waals surface area contributed by atoms with Gasteiger partial charge in [0.1, 0.15) is 5.75 Å². The third-order valence-electron chi connectivity index (χ3n) is 3.66. The first-order valence-corrected chi connectivity index (χ1v) is 7.33. The molecule has 0 radical (unpaired) electrons. The Labute approximate surface area is 131 Å². The quantitative estimate of drug-likeness (QED) is 0.886. The zero-order valence-electron chi connectivity index (χ0n) is 13.2. The highest BCUT2D eigenvalue weighted by Crippen LogP contribution is 2.17. The first kappa shape index (κ1) is 15.9. The van der Waals surface area contributed by atoms with E-state index in [4.69, 9.17) is 4.74 Å². The number of amides is 2. The van der Waals surface area contributed by atoms with E-state index < -0.39 is 0 Å². The number of urea groups is 1. The summed E-state index contributed by atoms with van der Waals surface area (Å²) < 4.78 is 5.13. The molecule has 0 fully saturated rings. The highest BCUT2D eigenvalue weighted by atomic mass is 16.5. The summed E-state index contributed by atoms with van der Waals surface area (Å²) in [5.74, 6) is 0.806. The summed E-state index contributed by atoms with van der Waals surface area (Å²) in [6.45, 7) is 4.51. The van der Waals surface area contributed by atoms with Gasteiger partial charge in [-0.1, -0.05) is 36.4 Å². The molecule has 0 aliphatic heterocycles. The maximum absolute atomic E-state index is 12.0. The number of methoxy groups -OCH3 is 1. The van der Waals surface area contributed by atoms with Gasteiger partial charge in [0.05, 0.1) is 13.2 Å². The first-order valence-electron chi connectivity index (χ1n) is 7.33. The van der Waals surface area contributed by atoms with Gasteiger partial charge in [-0.15, -0.1) is 0 Å². The fourth-order valence-corrected chi connectivity index (χ4v) is 2.21. The Balaban J connectivity index is 1.87. The molecule has 2 aromatic rings. The van der Waals surface area contributed by atoms with Crippen molar-refractivity contribution < 1.29 is 9.53 Å². The van der Waals surface area contributed by atoms with Crippen LogP contribution in [0, 0.1) is 6.92 Å². The van der Waals surface area contributed by atoms with Crippen molar-refractivity contribution in [3.63, 3.8) is 0 Å². The lowest BCUT2D eigenvalue weighted by Crippen LogP contribution is -2.36. The van der Waals surface area contributed by atoms with Gasteiger partial charge in [-0.25, -0.2) is 4.79 Å². The second-order valence-corrected chi connectivity index (χ2v) is 5.25. The minimum absolute atomic E-state index is 0.0669. The van der Waals surface area contributed by atoms with Crippen LogP contribution < -0.4 is 15.4 Å². The van der Waals surface area contributed by atoms with E-state index >= 15 is 0 Å². The summed E-state index contributed by atoms with van der Waals surface area (Å²) in [5, 5.41) is 5.82. The predicted octanol–water partition coefficient (Wildman–Crippen LogP) is 3.56. The summed E-state index contributed by atoms with van der Waals surface area (Å²) in [6.07, 6.45) is 0. The van der Waals surface area contributed by atoms with Gasteiger partial charge in [0, 0.05) is 6.54 Å². The van der Waals surface area contributed by atoms with Gasteiger partial charge in [0.2, 0.25) is 0 Å². The second kappa shape index (κ2) is 7.50. The summed E-state index contributed by atoms with van der Waals surface area (Å²) >= 11 is 0. The molecule has 0 heterocycles. The van der Waals surface area contributed by atoms with E-state index in [0.29, 0.717) is 6.54 Å². The van der Waals surface area contributed by atoms with Crippen molar-refractivity contribution in [3.05, 3.63) is 65.2 Å². The monoisotopic (exact) mass is 298 g/mol. The molecule has 1 atom stereocenters. The van der Waals surface area contributed by atoms with Gasteiger partial charge in [-0.05, 0) is 42.7 Å². The Morgan fingerprint density at radius 3 is 2.45 bits per heavy atom. The third kappa shape index (κ3) is 4.25. The van der Waals surface area contributed by atoms with Gasteiger partial charge >= 0.3 is 6.03 Å². The Bertz CT molecular complexity index is 623. The molecule has 2 aromatic carbocycles. The third-order valence-corrected chi connectivity index (χ3v) is 3.66. The van der Waals surface area contributed by atoms with E-state index in [9.17, 15) is 4.79 Å². The van der Waals surface area contributed by atoms with Crippen molar-refractivity contribution in [2.45, 2.75) is 26.4 Å². The molecule has 0 saturated heterocycles. The lowest BCUT2D eigenvalue weighted by Gasteiger charge is -2.16. The minimum Gasteiger partial charge on any atom is -0.497 e. The molecule has 4 nitrogen and oxygen atoms in total. The largest absolute Gasteiger partial charge is 0.497 e.